The van der Waals surface area contributed by atoms with Crippen molar-refractivity contribution in [3.63, 3.8) is 0 Å². The Bertz CT molecular complexity index is 1710. The second-order valence-corrected chi connectivity index (χ2v) is 18.7. The smallest absolute Gasteiger partial charge is 0.187 e. The molecule has 33 nitrogen and oxygen atoms in total. The summed E-state index contributed by atoms with van der Waals surface area (Å²) in [7, 11) is 0. The quantitative estimate of drug-likeness (QED) is 0.0682. The minimum absolute atomic E-state index is 0.425. The average Bonchev–Trinajstić information content (AvgIpc) is 3.81. The molecule has 8 aliphatic rings. The van der Waals surface area contributed by atoms with Gasteiger partial charge in [-0.15, -0.1) is 0 Å². The monoisotopic (exact) mass is 1070 g/mol. The van der Waals surface area contributed by atoms with Crippen molar-refractivity contribution in [2.45, 2.75) is 197 Å². The molecule has 1 unspecified atom stereocenters. The van der Waals surface area contributed by atoms with E-state index < -0.39 is 250 Å². The van der Waals surface area contributed by atoms with Crippen molar-refractivity contribution in [3.8, 4) is 0 Å². The van der Waals surface area contributed by atoms with Gasteiger partial charge in [0.1, 0.15) is 146 Å². The van der Waals surface area contributed by atoms with E-state index in [1.54, 1.807) is 0 Å². The van der Waals surface area contributed by atoms with Crippen LogP contribution in [-0.2, 0) is 71.1 Å². The summed E-state index contributed by atoms with van der Waals surface area (Å²) in [5.74, 6) is 0. The highest BCUT2D eigenvalue weighted by molar-refractivity contribution is 4.97. The van der Waals surface area contributed by atoms with Crippen LogP contribution in [0.5, 0.6) is 0 Å². The molecule has 0 bridgehead atoms. The van der Waals surface area contributed by atoms with Crippen LogP contribution in [0.3, 0.4) is 0 Å². The zero-order valence-electron chi connectivity index (χ0n) is 38.3. The van der Waals surface area contributed by atoms with Gasteiger partial charge in [0.25, 0.3) is 0 Å². The van der Waals surface area contributed by atoms with Crippen LogP contribution in [0, 0.1) is 0 Å². The number of hydrogen-bond donors (Lipinski definition) is 18. The van der Waals surface area contributed by atoms with E-state index in [9.17, 15) is 91.9 Å². The van der Waals surface area contributed by atoms with Crippen LogP contribution in [0.2, 0.25) is 0 Å². The number of rotatable bonds is 16. The summed E-state index contributed by atoms with van der Waals surface area (Å²) in [6.07, 6.45) is -53.9. The van der Waals surface area contributed by atoms with Crippen molar-refractivity contribution in [1.29, 1.82) is 0 Å². The summed E-state index contributed by atoms with van der Waals surface area (Å²) >= 11 is 0. The fourth-order valence-electron chi connectivity index (χ4n) is 9.26. The molecule has 0 aromatic heterocycles. The highest BCUT2D eigenvalue weighted by Crippen LogP contribution is 2.35. The van der Waals surface area contributed by atoms with E-state index in [0.29, 0.717) is 0 Å². The Morgan fingerprint density at radius 3 is 0.959 bits per heavy atom. The Balaban J connectivity index is 0.905. The lowest BCUT2D eigenvalue weighted by atomic mass is 10.0. The molecule has 8 saturated heterocycles. The number of aliphatic hydroxyl groups excluding tert-OH is 18. The predicted molar refractivity (Wildman–Crippen MR) is 216 cm³/mol. The van der Waals surface area contributed by atoms with Gasteiger partial charge in [-0.3, -0.25) is 0 Å². The third-order valence-electron chi connectivity index (χ3n) is 13.7. The lowest BCUT2D eigenvalue weighted by Gasteiger charge is -2.46. The molecule has 0 radical (unpaired) electrons. The van der Waals surface area contributed by atoms with Gasteiger partial charge in [-0.1, -0.05) is 0 Å². The van der Waals surface area contributed by atoms with Gasteiger partial charge in [-0.2, -0.15) is 0 Å². The largest absolute Gasteiger partial charge is 0.394 e. The molecule has 0 spiro atoms. The Morgan fingerprint density at radius 2 is 0.575 bits per heavy atom. The molecule has 0 amide bonds. The molecule has 0 aliphatic carbocycles. The van der Waals surface area contributed by atoms with E-state index in [0.717, 1.165) is 0 Å². The van der Waals surface area contributed by atoms with Gasteiger partial charge in [-0.05, 0) is 0 Å². The third kappa shape index (κ3) is 12.3. The van der Waals surface area contributed by atoms with Crippen LogP contribution >= 0.6 is 0 Å². The standard InChI is InChI=1S/C40H66O33/c41-1-10-18(45)27(54)39(65-10)72-31-15(70-34-24(51)17(44)9(43)3-60-34)7-63-37(29(31)56)69-14-6-62-36(26(53)22(14)49)71-16-8-64-38(30(57)32(16)73-40-28(55)19(46)11(2-42)66-40)68-13-5-61-35(25(52)21(13)48)67-12-4-59-33(58)23(50)20(12)47/h9-58H,1-8H2/t9-,10+,11+,12-,13-,14-,15-,16-,17+,18+,19+,20+,21+,22+,23-,24-,25-,26-,27-,28-,29-,30-,31+,32+,33?,34+,35+,36+,37+,38+,39+,40+/m1/s1. The van der Waals surface area contributed by atoms with Crippen molar-refractivity contribution in [2.75, 3.05) is 52.9 Å². The van der Waals surface area contributed by atoms with Crippen molar-refractivity contribution < 1.29 is 163 Å². The van der Waals surface area contributed by atoms with E-state index in [4.69, 9.17) is 71.1 Å². The molecule has 18 N–H and O–H groups in total. The van der Waals surface area contributed by atoms with E-state index in [1.165, 1.54) is 0 Å². The molecule has 33 heteroatoms. The topological polar surface area (TPSA) is 503 Å². The molecule has 73 heavy (non-hydrogen) atoms. The molecule has 424 valence electrons. The first-order chi connectivity index (χ1) is 34.7. The second kappa shape index (κ2) is 24.8. The highest BCUT2D eigenvalue weighted by atomic mass is 16.8. The summed E-state index contributed by atoms with van der Waals surface area (Å²) in [4.78, 5) is 0. The Hall–Kier alpha value is -1.32. The first kappa shape index (κ1) is 57.8. The Morgan fingerprint density at radius 1 is 0.274 bits per heavy atom. The van der Waals surface area contributed by atoms with Crippen LogP contribution in [0.4, 0.5) is 0 Å². The van der Waals surface area contributed by atoms with Gasteiger partial charge in [0.2, 0.25) is 0 Å². The lowest BCUT2D eigenvalue weighted by Crippen LogP contribution is -2.64. The maximum Gasteiger partial charge on any atom is 0.187 e. The zero-order valence-corrected chi connectivity index (χ0v) is 38.3. The third-order valence-corrected chi connectivity index (χ3v) is 13.7. The Kier molecular flexibility index (Phi) is 19.6. The van der Waals surface area contributed by atoms with Crippen molar-refractivity contribution in [1.82, 2.24) is 0 Å². The predicted octanol–water partition coefficient (Wildman–Crippen LogP) is -13.3. The summed E-state index contributed by atoms with van der Waals surface area (Å²) < 4.78 is 84.3. The minimum Gasteiger partial charge on any atom is -0.394 e. The van der Waals surface area contributed by atoms with Gasteiger partial charge in [0.15, 0.2) is 50.3 Å². The van der Waals surface area contributed by atoms with E-state index in [1.807, 2.05) is 0 Å². The van der Waals surface area contributed by atoms with Gasteiger partial charge in [-0.25, -0.2) is 0 Å². The summed E-state index contributed by atoms with van der Waals surface area (Å²) in [5.41, 5.74) is 0. The van der Waals surface area contributed by atoms with Crippen LogP contribution in [0.15, 0.2) is 0 Å². The number of ether oxygens (including phenoxy) is 15. The maximum absolute atomic E-state index is 11.7. The molecule has 8 rings (SSSR count). The molecular weight excluding hydrogens is 1010 g/mol. The first-order valence-electron chi connectivity index (χ1n) is 23.4. The van der Waals surface area contributed by atoms with Gasteiger partial charge in [0, 0.05) is 0 Å². The van der Waals surface area contributed by atoms with Gasteiger partial charge < -0.3 is 163 Å². The van der Waals surface area contributed by atoms with Crippen LogP contribution < -0.4 is 0 Å². The normalized spacial score (nSPS) is 54.2. The van der Waals surface area contributed by atoms with Crippen molar-refractivity contribution in [2.24, 2.45) is 0 Å². The molecular formula is C40H66O33. The molecule has 8 fully saturated rings. The summed E-state index contributed by atoms with van der Waals surface area (Å²) in [6, 6.07) is 0. The van der Waals surface area contributed by atoms with Gasteiger partial charge in [0.05, 0.1) is 52.9 Å². The maximum atomic E-state index is 11.7. The summed E-state index contributed by atoms with van der Waals surface area (Å²) in [6.45, 7) is -4.73. The average molecular weight is 1070 g/mol. The van der Waals surface area contributed by atoms with Crippen LogP contribution in [-0.4, -0.2) is 342 Å². The molecule has 32 atom stereocenters. The highest BCUT2D eigenvalue weighted by Gasteiger charge is 2.55. The van der Waals surface area contributed by atoms with Gasteiger partial charge >= 0.3 is 0 Å². The number of hydrogen-bond acceptors (Lipinski definition) is 33. The SMILES string of the molecule is OC[C@@H]1O[C@@H](O[C@@H]2[C@@H](O)[C@H](O[C@@H]3CO[C@@H](O[C@@H]4CO[C@@H](O[C@@H]5CO[C@@H](O[C@@H]6COC(O)[C@H](O)[C@H]6O)[C@H](O)[C@H]5O)[C@H](O)[C@H]4O[C@@H]4O[C@@H](CO)[C@H](O)[C@H]4O)[C@H](O)[C@H]3O)OC[C@H]2O[C@@H]2OC[C@@H](O)[C@H](O)[C@H]2O)[C@H](O)[C@H]1O. The number of aliphatic hydroxyl groups is 18. The second-order valence-electron chi connectivity index (χ2n) is 18.7. The van der Waals surface area contributed by atoms with Crippen LogP contribution in [0.1, 0.15) is 0 Å². The van der Waals surface area contributed by atoms with Crippen molar-refractivity contribution in [3.05, 3.63) is 0 Å². The molecule has 0 aromatic carbocycles. The molecule has 0 aromatic rings. The van der Waals surface area contributed by atoms with Crippen LogP contribution in [0.25, 0.3) is 0 Å². The summed E-state index contributed by atoms with van der Waals surface area (Å²) in [5, 5.41) is 190. The minimum atomic E-state index is -2.02. The van der Waals surface area contributed by atoms with Crippen molar-refractivity contribution >= 4 is 0 Å². The lowest BCUT2D eigenvalue weighted by molar-refractivity contribution is -0.377. The van der Waals surface area contributed by atoms with E-state index in [-0.39, 0.29) is 0 Å². The Labute approximate surface area is 412 Å². The zero-order chi connectivity index (χ0) is 52.7. The fourth-order valence-corrected chi connectivity index (χ4v) is 9.26. The molecule has 0 saturated carbocycles. The molecule has 8 heterocycles. The van der Waals surface area contributed by atoms with E-state index >= 15 is 0 Å². The van der Waals surface area contributed by atoms with E-state index in [2.05, 4.69) is 0 Å². The molecule has 8 aliphatic heterocycles. The fraction of sp³-hybridized carbons (Fsp3) is 1.00. The first-order valence-corrected chi connectivity index (χ1v) is 23.4.